The average Bonchev–Trinajstić information content (AvgIpc) is 2.90. The van der Waals surface area contributed by atoms with Crippen molar-refractivity contribution in [2.45, 2.75) is 44.7 Å². The van der Waals surface area contributed by atoms with Gasteiger partial charge >= 0.3 is 0 Å². The Hall–Kier alpha value is -1.88. The number of amides is 2. The van der Waals surface area contributed by atoms with E-state index in [1.165, 1.54) is 0 Å². The molecular formula is C17H25N3O2. The Bertz CT molecular complexity index is 518. The average molecular weight is 303 g/mol. The summed E-state index contributed by atoms with van der Waals surface area (Å²) in [6.07, 6.45) is 3.42. The van der Waals surface area contributed by atoms with Gasteiger partial charge < -0.3 is 16.4 Å². The van der Waals surface area contributed by atoms with Gasteiger partial charge in [0.15, 0.2) is 0 Å². The smallest absolute Gasteiger partial charge is 0.237 e. The zero-order valence-corrected chi connectivity index (χ0v) is 13.1. The van der Waals surface area contributed by atoms with Crippen LogP contribution in [-0.4, -0.2) is 29.3 Å². The molecule has 3 atom stereocenters. The Balaban J connectivity index is 2.11. The number of benzene rings is 1. The van der Waals surface area contributed by atoms with Gasteiger partial charge in [0, 0.05) is 12.5 Å². The number of hydrogen-bond acceptors (Lipinski definition) is 3. The van der Waals surface area contributed by atoms with E-state index in [0.29, 0.717) is 6.42 Å². The van der Waals surface area contributed by atoms with Crippen LogP contribution in [-0.2, 0) is 9.59 Å². The lowest BCUT2D eigenvalue weighted by molar-refractivity contribution is -0.138. The van der Waals surface area contributed by atoms with Gasteiger partial charge in [0.1, 0.15) is 0 Å². The first kappa shape index (κ1) is 16.5. The summed E-state index contributed by atoms with van der Waals surface area (Å²) in [5.41, 5.74) is 12.4. The standard InChI is InChI=1S/C17H25N3O2/c1-12(13-6-3-2-4-7-13)20(11-16(19)21)17(22)10-14-8-5-9-15(14)18/h2-4,6-7,12,14-15H,5,8-11,18H2,1H3,(H2,19,21)/t12-,14+,15-/m1/s1. The summed E-state index contributed by atoms with van der Waals surface area (Å²) in [5.74, 6) is -0.324. The molecule has 1 aromatic carbocycles. The summed E-state index contributed by atoms with van der Waals surface area (Å²) in [6.45, 7) is 1.86. The SMILES string of the molecule is C[C@H](c1ccccc1)N(CC(N)=O)C(=O)C[C@@H]1CCC[C@H]1N. The number of hydrogen-bond donors (Lipinski definition) is 2. The highest BCUT2D eigenvalue weighted by Gasteiger charge is 2.30. The van der Waals surface area contributed by atoms with Crippen molar-refractivity contribution in [3.05, 3.63) is 35.9 Å². The lowest BCUT2D eigenvalue weighted by Gasteiger charge is -2.30. The molecule has 0 heterocycles. The number of primary amides is 1. The second-order valence-electron chi connectivity index (χ2n) is 6.13. The fourth-order valence-electron chi connectivity index (χ4n) is 3.18. The minimum absolute atomic E-state index is 0.0440. The van der Waals surface area contributed by atoms with Crippen molar-refractivity contribution in [1.29, 1.82) is 0 Å². The molecule has 0 saturated heterocycles. The number of carbonyl (C=O) groups excluding carboxylic acids is 2. The summed E-state index contributed by atoms with van der Waals surface area (Å²) >= 11 is 0. The molecule has 5 heteroatoms. The van der Waals surface area contributed by atoms with Crippen molar-refractivity contribution < 1.29 is 9.59 Å². The molecule has 2 rings (SSSR count). The largest absolute Gasteiger partial charge is 0.368 e. The van der Waals surface area contributed by atoms with Crippen LogP contribution in [0.4, 0.5) is 0 Å². The maximum Gasteiger partial charge on any atom is 0.237 e. The van der Waals surface area contributed by atoms with Crippen molar-refractivity contribution in [3.8, 4) is 0 Å². The molecule has 120 valence electrons. The van der Waals surface area contributed by atoms with Gasteiger partial charge in [0.05, 0.1) is 12.6 Å². The van der Waals surface area contributed by atoms with Gasteiger partial charge in [-0.1, -0.05) is 36.8 Å². The van der Waals surface area contributed by atoms with Crippen LogP contribution >= 0.6 is 0 Å². The van der Waals surface area contributed by atoms with E-state index in [9.17, 15) is 9.59 Å². The molecule has 22 heavy (non-hydrogen) atoms. The first-order valence-electron chi connectivity index (χ1n) is 7.87. The maximum absolute atomic E-state index is 12.7. The lowest BCUT2D eigenvalue weighted by Crippen LogP contribution is -2.41. The fraction of sp³-hybridized carbons (Fsp3) is 0.529. The quantitative estimate of drug-likeness (QED) is 0.836. The molecule has 0 unspecified atom stereocenters. The number of rotatable bonds is 6. The number of nitrogens with zero attached hydrogens (tertiary/aromatic N) is 1. The summed E-state index contributed by atoms with van der Waals surface area (Å²) in [5, 5.41) is 0. The van der Waals surface area contributed by atoms with Crippen LogP contribution < -0.4 is 11.5 Å². The Morgan fingerprint density at radius 3 is 2.50 bits per heavy atom. The molecule has 1 fully saturated rings. The predicted molar refractivity (Wildman–Crippen MR) is 85.7 cm³/mol. The second kappa shape index (κ2) is 7.40. The normalized spacial score (nSPS) is 22.3. The van der Waals surface area contributed by atoms with E-state index in [1.54, 1.807) is 4.90 Å². The van der Waals surface area contributed by atoms with Crippen LogP contribution in [0.5, 0.6) is 0 Å². The minimum atomic E-state index is -0.494. The van der Waals surface area contributed by atoms with E-state index in [4.69, 9.17) is 11.5 Å². The molecule has 4 N–H and O–H groups in total. The van der Waals surface area contributed by atoms with Crippen molar-refractivity contribution in [2.75, 3.05) is 6.54 Å². The van der Waals surface area contributed by atoms with E-state index < -0.39 is 5.91 Å². The Morgan fingerprint density at radius 1 is 1.27 bits per heavy atom. The highest BCUT2D eigenvalue weighted by molar-refractivity contribution is 5.84. The third kappa shape index (κ3) is 4.07. The predicted octanol–water partition coefficient (Wildman–Crippen LogP) is 1.58. The molecule has 0 radical (unpaired) electrons. The first-order valence-corrected chi connectivity index (χ1v) is 7.87. The maximum atomic E-state index is 12.7. The zero-order chi connectivity index (χ0) is 16.1. The van der Waals surface area contributed by atoms with Crippen LogP contribution in [0.25, 0.3) is 0 Å². The van der Waals surface area contributed by atoms with Crippen molar-refractivity contribution in [3.63, 3.8) is 0 Å². The van der Waals surface area contributed by atoms with Gasteiger partial charge in [-0.05, 0) is 31.2 Å². The van der Waals surface area contributed by atoms with E-state index in [2.05, 4.69) is 0 Å². The summed E-state index contributed by atoms with van der Waals surface area (Å²) in [7, 11) is 0. The van der Waals surface area contributed by atoms with Crippen LogP contribution in [0.3, 0.4) is 0 Å². The molecule has 5 nitrogen and oxygen atoms in total. The van der Waals surface area contributed by atoms with Crippen molar-refractivity contribution in [2.24, 2.45) is 17.4 Å². The Kier molecular flexibility index (Phi) is 5.55. The van der Waals surface area contributed by atoms with Gasteiger partial charge in [-0.25, -0.2) is 0 Å². The van der Waals surface area contributed by atoms with Crippen LogP contribution in [0.1, 0.15) is 44.2 Å². The molecule has 1 aliphatic rings. The third-order valence-corrected chi connectivity index (χ3v) is 4.55. The monoisotopic (exact) mass is 303 g/mol. The van der Waals surface area contributed by atoms with E-state index in [0.717, 1.165) is 24.8 Å². The van der Waals surface area contributed by atoms with E-state index in [1.807, 2.05) is 37.3 Å². The van der Waals surface area contributed by atoms with Crippen LogP contribution in [0.15, 0.2) is 30.3 Å². The molecule has 2 amide bonds. The van der Waals surface area contributed by atoms with Gasteiger partial charge in [-0.2, -0.15) is 0 Å². The molecule has 0 aromatic heterocycles. The molecule has 1 saturated carbocycles. The number of carbonyl (C=O) groups is 2. The van der Waals surface area contributed by atoms with Crippen LogP contribution in [0.2, 0.25) is 0 Å². The van der Waals surface area contributed by atoms with Crippen LogP contribution in [0, 0.1) is 5.92 Å². The Morgan fingerprint density at radius 2 is 1.95 bits per heavy atom. The second-order valence-corrected chi connectivity index (χ2v) is 6.13. The van der Waals surface area contributed by atoms with E-state index >= 15 is 0 Å². The molecule has 0 spiro atoms. The molecule has 0 aliphatic heterocycles. The lowest BCUT2D eigenvalue weighted by atomic mass is 9.98. The number of nitrogens with two attached hydrogens (primary N) is 2. The minimum Gasteiger partial charge on any atom is -0.368 e. The highest BCUT2D eigenvalue weighted by atomic mass is 16.2. The molecular weight excluding hydrogens is 278 g/mol. The first-order chi connectivity index (χ1) is 10.5. The molecule has 1 aliphatic carbocycles. The zero-order valence-electron chi connectivity index (χ0n) is 13.1. The van der Waals surface area contributed by atoms with Gasteiger partial charge in [0.25, 0.3) is 0 Å². The summed E-state index contributed by atoms with van der Waals surface area (Å²) in [6, 6.07) is 9.58. The Labute approximate surface area is 131 Å². The third-order valence-electron chi connectivity index (χ3n) is 4.55. The summed E-state index contributed by atoms with van der Waals surface area (Å²) < 4.78 is 0. The van der Waals surface area contributed by atoms with Gasteiger partial charge in [-0.3, -0.25) is 9.59 Å². The van der Waals surface area contributed by atoms with Crippen molar-refractivity contribution in [1.82, 2.24) is 4.90 Å². The fourth-order valence-corrected chi connectivity index (χ4v) is 3.18. The van der Waals surface area contributed by atoms with E-state index in [-0.39, 0.29) is 30.5 Å². The summed E-state index contributed by atoms with van der Waals surface area (Å²) in [4.78, 5) is 25.6. The molecule has 0 bridgehead atoms. The van der Waals surface area contributed by atoms with Crippen molar-refractivity contribution >= 4 is 11.8 Å². The van der Waals surface area contributed by atoms with Gasteiger partial charge in [0.2, 0.25) is 11.8 Å². The topological polar surface area (TPSA) is 89.4 Å². The molecule has 1 aromatic rings. The highest BCUT2D eigenvalue weighted by Crippen LogP contribution is 2.29. The van der Waals surface area contributed by atoms with Gasteiger partial charge in [-0.15, -0.1) is 0 Å².